The van der Waals surface area contributed by atoms with Gasteiger partial charge in [0, 0.05) is 13.6 Å². The Bertz CT molecular complexity index is 671. The molecule has 0 aromatic carbocycles. The molecular weight excluding hydrogens is 330 g/mol. The van der Waals surface area contributed by atoms with Crippen LogP contribution >= 0.6 is 11.6 Å². The highest BCUT2D eigenvalue weighted by atomic mass is 35.5. The molecule has 0 bridgehead atoms. The van der Waals surface area contributed by atoms with Crippen molar-refractivity contribution in [2.45, 2.75) is 44.0 Å². The number of nitrogens with zero attached hydrogens (tertiary/aromatic N) is 3. The number of hydrogen-bond donors (Lipinski definition) is 0. The van der Waals surface area contributed by atoms with Crippen LogP contribution in [0.25, 0.3) is 0 Å². The number of ether oxygens (including phenoxy) is 1. The second kappa shape index (κ2) is 6.55. The average molecular weight is 350 g/mol. The summed E-state index contributed by atoms with van der Waals surface area (Å²) in [5.41, 5.74) is 0.320. The number of carbonyl (C=O) groups excluding carboxylic acids is 1. The van der Waals surface area contributed by atoms with Crippen LogP contribution in [0, 0.1) is 6.92 Å². The molecule has 0 amide bonds. The molecule has 1 aliphatic heterocycles. The Balaban J connectivity index is 2.43. The second-order valence-corrected chi connectivity index (χ2v) is 7.39. The SMILES string of the molecule is CCOC(=O)C1CCCCN1S(=O)(=O)c1c(C)nn(C)c1Cl. The lowest BCUT2D eigenvalue weighted by atomic mass is 10.1. The third-order valence-electron chi connectivity index (χ3n) is 3.68. The van der Waals surface area contributed by atoms with Crippen LogP contribution in [0.1, 0.15) is 31.9 Å². The van der Waals surface area contributed by atoms with Crippen molar-refractivity contribution in [2.24, 2.45) is 7.05 Å². The van der Waals surface area contributed by atoms with Crippen molar-refractivity contribution in [3.05, 3.63) is 10.8 Å². The molecule has 1 unspecified atom stereocenters. The monoisotopic (exact) mass is 349 g/mol. The minimum atomic E-state index is -3.90. The fourth-order valence-corrected chi connectivity index (χ4v) is 5.04. The van der Waals surface area contributed by atoms with Crippen LogP contribution < -0.4 is 0 Å². The molecule has 7 nitrogen and oxygen atoms in total. The van der Waals surface area contributed by atoms with E-state index >= 15 is 0 Å². The van der Waals surface area contributed by atoms with Crippen molar-refractivity contribution < 1.29 is 17.9 Å². The van der Waals surface area contributed by atoms with Crippen LogP contribution in [0.2, 0.25) is 5.15 Å². The van der Waals surface area contributed by atoms with Crippen LogP contribution in [0.15, 0.2) is 4.90 Å². The fourth-order valence-electron chi connectivity index (χ4n) is 2.69. The van der Waals surface area contributed by atoms with E-state index in [1.54, 1.807) is 20.9 Å². The van der Waals surface area contributed by atoms with Gasteiger partial charge < -0.3 is 4.74 Å². The van der Waals surface area contributed by atoms with Gasteiger partial charge >= 0.3 is 5.97 Å². The lowest BCUT2D eigenvalue weighted by molar-refractivity contribution is -0.148. The zero-order chi connectivity index (χ0) is 16.5. The molecule has 0 spiro atoms. The maximum Gasteiger partial charge on any atom is 0.324 e. The van der Waals surface area contributed by atoms with Gasteiger partial charge in [-0.2, -0.15) is 9.40 Å². The zero-order valence-corrected chi connectivity index (χ0v) is 14.4. The molecule has 1 atom stereocenters. The molecule has 1 aromatic heterocycles. The van der Waals surface area contributed by atoms with Gasteiger partial charge in [-0.05, 0) is 33.1 Å². The van der Waals surface area contributed by atoms with Crippen molar-refractivity contribution in [3.8, 4) is 0 Å². The number of aryl methyl sites for hydroxylation is 2. The van der Waals surface area contributed by atoms with Gasteiger partial charge in [0.2, 0.25) is 10.0 Å². The first-order chi connectivity index (χ1) is 10.3. The standard InChI is InChI=1S/C13H20ClN3O4S/c1-4-21-13(18)10-7-5-6-8-17(10)22(19,20)11-9(2)15-16(3)12(11)14/h10H,4-8H2,1-3H3. The van der Waals surface area contributed by atoms with E-state index in [0.717, 1.165) is 6.42 Å². The van der Waals surface area contributed by atoms with Gasteiger partial charge in [0.25, 0.3) is 0 Å². The van der Waals surface area contributed by atoms with Crippen molar-refractivity contribution in [3.63, 3.8) is 0 Å². The van der Waals surface area contributed by atoms with E-state index in [0.29, 0.717) is 18.5 Å². The summed E-state index contributed by atoms with van der Waals surface area (Å²) >= 11 is 6.08. The Morgan fingerprint density at radius 1 is 1.45 bits per heavy atom. The van der Waals surface area contributed by atoms with Gasteiger partial charge in [0.15, 0.2) is 0 Å². The first-order valence-corrected chi connectivity index (χ1v) is 9.00. The molecule has 124 valence electrons. The molecule has 22 heavy (non-hydrogen) atoms. The third kappa shape index (κ3) is 3.00. The smallest absolute Gasteiger partial charge is 0.324 e. The topological polar surface area (TPSA) is 81.5 Å². The van der Waals surface area contributed by atoms with Gasteiger partial charge in [-0.15, -0.1) is 0 Å². The normalized spacial score (nSPS) is 20.1. The number of sulfonamides is 1. The third-order valence-corrected chi connectivity index (χ3v) is 6.28. The van der Waals surface area contributed by atoms with Gasteiger partial charge in [-0.1, -0.05) is 11.6 Å². The van der Waals surface area contributed by atoms with E-state index in [4.69, 9.17) is 16.3 Å². The largest absolute Gasteiger partial charge is 0.465 e. The predicted molar refractivity (Wildman–Crippen MR) is 81.1 cm³/mol. The Hall–Kier alpha value is -1.12. The number of aromatic nitrogens is 2. The molecule has 1 aromatic rings. The van der Waals surface area contributed by atoms with E-state index in [1.807, 2.05) is 0 Å². The predicted octanol–water partition coefficient (Wildman–Crippen LogP) is 1.49. The van der Waals surface area contributed by atoms with E-state index in [2.05, 4.69) is 5.10 Å². The first-order valence-electron chi connectivity index (χ1n) is 7.18. The molecule has 2 rings (SSSR count). The van der Waals surface area contributed by atoms with Crippen LogP contribution in [-0.4, -0.2) is 47.7 Å². The lowest BCUT2D eigenvalue weighted by Gasteiger charge is -2.32. The highest BCUT2D eigenvalue weighted by molar-refractivity contribution is 7.89. The van der Waals surface area contributed by atoms with Crippen LogP contribution in [0.3, 0.4) is 0 Å². The fraction of sp³-hybridized carbons (Fsp3) is 0.692. The van der Waals surface area contributed by atoms with Crippen molar-refractivity contribution in [1.29, 1.82) is 0 Å². The van der Waals surface area contributed by atoms with Gasteiger partial charge in [-0.3, -0.25) is 9.48 Å². The van der Waals surface area contributed by atoms with Crippen molar-refractivity contribution >= 4 is 27.6 Å². The Kier molecular flexibility index (Phi) is 5.14. The first kappa shape index (κ1) is 17.2. The molecular formula is C13H20ClN3O4S. The summed E-state index contributed by atoms with van der Waals surface area (Å²) in [5.74, 6) is -0.511. The maximum atomic E-state index is 12.9. The second-order valence-electron chi connectivity index (χ2n) is 5.21. The molecule has 1 aliphatic rings. The van der Waals surface area contributed by atoms with Crippen molar-refractivity contribution in [2.75, 3.05) is 13.2 Å². The van der Waals surface area contributed by atoms with Gasteiger partial charge in [-0.25, -0.2) is 8.42 Å². The van der Waals surface area contributed by atoms with Crippen molar-refractivity contribution in [1.82, 2.24) is 14.1 Å². The Labute approximate surface area is 135 Å². The summed E-state index contributed by atoms with van der Waals surface area (Å²) < 4.78 is 33.4. The van der Waals surface area contributed by atoms with Crippen LogP contribution in [0.5, 0.6) is 0 Å². The highest BCUT2D eigenvalue weighted by Crippen LogP contribution is 2.31. The number of rotatable bonds is 4. The van der Waals surface area contributed by atoms with Gasteiger partial charge in [0.05, 0.1) is 12.3 Å². The maximum absolute atomic E-state index is 12.9. The molecule has 9 heteroatoms. The Morgan fingerprint density at radius 3 is 2.68 bits per heavy atom. The quantitative estimate of drug-likeness (QED) is 0.769. The molecule has 0 radical (unpaired) electrons. The molecule has 1 fully saturated rings. The lowest BCUT2D eigenvalue weighted by Crippen LogP contribution is -2.48. The summed E-state index contributed by atoms with van der Waals surface area (Å²) in [6.07, 6.45) is 1.94. The molecule has 0 N–H and O–H groups in total. The molecule has 1 saturated heterocycles. The molecule has 0 aliphatic carbocycles. The number of piperidine rings is 1. The number of esters is 1. The van der Waals surface area contributed by atoms with Crippen LogP contribution in [0.4, 0.5) is 0 Å². The van der Waals surface area contributed by atoms with Gasteiger partial charge in [0.1, 0.15) is 16.1 Å². The minimum Gasteiger partial charge on any atom is -0.465 e. The Morgan fingerprint density at radius 2 is 2.14 bits per heavy atom. The minimum absolute atomic E-state index is 0.0344. The molecule has 2 heterocycles. The summed E-state index contributed by atoms with van der Waals surface area (Å²) in [4.78, 5) is 12.0. The number of hydrogen-bond acceptors (Lipinski definition) is 5. The van der Waals surface area contributed by atoms with Crippen LogP contribution in [-0.2, 0) is 26.6 Å². The summed E-state index contributed by atoms with van der Waals surface area (Å²) in [6, 6.07) is -0.797. The highest BCUT2D eigenvalue weighted by Gasteiger charge is 2.41. The number of carbonyl (C=O) groups is 1. The van der Waals surface area contributed by atoms with E-state index < -0.39 is 22.0 Å². The van der Waals surface area contributed by atoms with E-state index in [9.17, 15) is 13.2 Å². The summed E-state index contributed by atoms with van der Waals surface area (Å²) in [5, 5.41) is 4.09. The van der Waals surface area contributed by atoms with E-state index in [1.165, 1.54) is 8.99 Å². The number of halogens is 1. The van der Waals surface area contributed by atoms with E-state index in [-0.39, 0.29) is 23.2 Å². The molecule has 0 saturated carbocycles. The summed E-state index contributed by atoms with van der Waals surface area (Å²) in [7, 11) is -2.32. The zero-order valence-electron chi connectivity index (χ0n) is 12.9. The average Bonchev–Trinajstić information content (AvgIpc) is 2.72. The summed E-state index contributed by atoms with van der Waals surface area (Å²) in [6.45, 7) is 3.77.